The standard InChI is InChI=1S/C16H30N2O6/c1-15(2,3)22-12(19)10(13(20)24-18-7)8-9-11(17)14(21)23-16(4,5)6/h10-11,18H,8-9,17H2,1-7H3. The minimum absolute atomic E-state index is 0.00976. The predicted octanol–water partition coefficient (Wildman–Crippen LogP) is 1.07. The number of hydrogen-bond acceptors (Lipinski definition) is 8. The number of hydrogen-bond donors (Lipinski definition) is 2. The molecule has 0 aliphatic carbocycles. The van der Waals surface area contributed by atoms with E-state index in [1.54, 1.807) is 41.5 Å². The van der Waals surface area contributed by atoms with Crippen LogP contribution in [-0.2, 0) is 28.7 Å². The lowest BCUT2D eigenvalue weighted by Gasteiger charge is -2.24. The molecule has 0 bridgehead atoms. The van der Waals surface area contributed by atoms with Gasteiger partial charge in [0, 0.05) is 7.05 Å². The van der Waals surface area contributed by atoms with Gasteiger partial charge >= 0.3 is 17.9 Å². The van der Waals surface area contributed by atoms with Gasteiger partial charge in [-0.05, 0) is 54.4 Å². The number of esters is 2. The minimum atomic E-state index is -1.18. The quantitative estimate of drug-likeness (QED) is 0.304. The topological polar surface area (TPSA) is 117 Å². The number of carbonyl (C=O) groups is 3. The maximum absolute atomic E-state index is 12.2. The van der Waals surface area contributed by atoms with E-state index >= 15 is 0 Å². The van der Waals surface area contributed by atoms with Gasteiger partial charge in [0.05, 0.1) is 0 Å². The van der Waals surface area contributed by atoms with E-state index in [2.05, 4.69) is 10.3 Å². The number of rotatable bonds is 7. The second-order valence-electron chi connectivity index (χ2n) is 7.43. The van der Waals surface area contributed by atoms with Crippen molar-refractivity contribution in [3.63, 3.8) is 0 Å². The van der Waals surface area contributed by atoms with E-state index in [0.717, 1.165) is 0 Å². The van der Waals surface area contributed by atoms with Crippen LogP contribution in [0.5, 0.6) is 0 Å². The third-order valence-electron chi connectivity index (χ3n) is 2.65. The van der Waals surface area contributed by atoms with Gasteiger partial charge in [0.25, 0.3) is 0 Å². The van der Waals surface area contributed by atoms with Gasteiger partial charge in [0.1, 0.15) is 17.2 Å². The summed E-state index contributed by atoms with van der Waals surface area (Å²) in [5.74, 6) is -3.28. The zero-order valence-corrected chi connectivity index (χ0v) is 15.6. The third-order valence-corrected chi connectivity index (χ3v) is 2.65. The Morgan fingerprint density at radius 3 is 1.75 bits per heavy atom. The number of nitrogens with one attached hydrogen (secondary N) is 1. The molecular formula is C16H30N2O6. The van der Waals surface area contributed by atoms with Crippen molar-refractivity contribution in [1.29, 1.82) is 0 Å². The zero-order valence-electron chi connectivity index (χ0n) is 15.6. The fourth-order valence-corrected chi connectivity index (χ4v) is 1.72. The lowest BCUT2D eigenvalue weighted by molar-refractivity contribution is -0.173. The van der Waals surface area contributed by atoms with Crippen molar-refractivity contribution in [2.75, 3.05) is 7.05 Å². The molecule has 24 heavy (non-hydrogen) atoms. The fraction of sp³-hybridized carbons (Fsp3) is 0.812. The van der Waals surface area contributed by atoms with Gasteiger partial charge in [-0.25, -0.2) is 4.79 Å². The van der Waals surface area contributed by atoms with Crippen molar-refractivity contribution in [3.8, 4) is 0 Å². The average Bonchev–Trinajstić information content (AvgIpc) is 2.34. The summed E-state index contributed by atoms with van der Waals surface area (Å²) in [7, 11) is 1.40. The first-order chi connectivity index (χ1) is 10.8. The Bertz CT molecular complexity index is 450. The molecule has 2 unspecified atom stereocenters. The summed E-state index contributed by atoms with van der Waals surface area (Å²) in [4.78, 5) is 40.7. The molecule has 0 fully saturated rings. The number of carbonyl (C=O) groups excluding carboxylic acids is 3. The van der Waals surface area contributed by atoms with E-state index in [9.17, 15) is 14.4 Å². The van der Waals surface area contributed by atoms with Gasteiger partial charge in [-0.15, -0.1) is 0 Å². The summed E-state index contributed by atoms with van der Waals surface area (Å²) >= 11 is 0. The highest BCUT2D eigenvalue weighted by Gasteiger charge is 2.34. The Kier molecular flexibility index (Phi) is 8.36. The molecule has 0 amide bonds. The van der Waals surface area contributed by atoms with Crippen molar-refractivity contribution in [2.24, 2.45) is 11.7 Å². The molecule has 0 aliphatic rings. The Hall–Kier alpha value is -1.67. The van der Waals surface area contributed by atoms with Gasteiger partial charge < -0.3 is 20.0 Å². The van der Waals surface area contributed by atoms with Crippen LogP contribution in [0.3, 0.4) is 0 Å². The van der Waals surface area contributed by atoms with Crippen LogP contribution in [0.1, 0.15) is 54.4 Å². The fourth-order valence-electron chi connectivity index (χ4n) is 1.72. The molecule has 2 atom stereocenters. The summed E-state index contributed by atoms with van der Waals surface area (Å²) in [6, 6.07) is -0.948. The second kappa shape index (κ2) is 8.98. The molecule has 3 N–H and O–H groups in total. The Labute approximate surface area is 143 Å². The summed E-state index contributed by atoms with van der Waals surface area (Å²) in [5.41, 5.74) is 6.60. The minimum Gasteiger partial charge on any atom is -0.459 e. The second-order valence-corrected chi connectivity index (χ2v) is 7.43. The summed E-state index contributed by atoms with van der Waals surface area (Å²) in [6.45, 7) is 10.3. The summed E-state index contributed by atoms with van der Waals surface area (Å²) in [5, 5.41) is 0. The van der Waals surface area contributed by atoms with Crippen LogP contribution < -0.4 is 11.2 Å². The number of ether oxygens (including phenoxy) is 2. The van der Waals surface area contributed by atoms with Crippen LogP contribution in [-0.4, -0.2) is 42.2 Å². The SMILES string of the molecule is CNOC(=O)C(CCC(N)C(=O)OC(C)(C)C)C(=O)OC(C)(C)C. The van der Waals surface area contributed by atoms with E-state index in [4.69, 9.17) is 15.2 Å². The largest absolute Gasteiger partial charge is 0.459 e. The van der Waals surface area contributed by atoms with Crippen molar-refractivity contribution in [2.45, 2.75) is 71.6 Å². The van der Waals surface area contributed by atoms with Gasteiger partial charge in [0.15, 0.2) is 5.92 Å². The van der Waals surface area contributed by atoms with Crippen LogP contribution in [0.2, 0.25) is 0 Å². The molecule has 0 aromatic rings. The smallest absolute Gasteiger partial charge is 0.339 e. The molecule has 0 saturated heterocycles. The van der Waals surface area contributed by atoms with Gasteiger partial charge in [-0.3, -0.25) is 9.59 Å². The first-order valence-corrected chi connectivity index (χ1v) is 7.85. The van der Waals surface area contributed by atoms with Gasteiger partial charge in [-0.1, -0.05) is 0 Å². The third kappa shape index (κ3) is 9.46. The lowest BCUT2D eigenvalue weighted by atomic mass is 9.99. The molecule has 0 spiro atoms. The van der Waals surface area contributed by atoms with Gasteiger partial charge in [-0.2, -0.15) is 5.48 Å². The Balaban J connectivity index is 4.86. The van der Waals surface area contributed by atoms with Crippen molar-refractivity contribution >= 4 is 17.9 Å². The first-order valence-electron chi connectivity index (χ1n) is 7.85. The molecule has 0 saturated carbocycles. The molecule has 0 heterocycles. The maximum atomic E-state index is 12.2. The van der Waals surface area contributed by atoms with E-state index in [1.807, 2.05) is 0 Å². The van der Waals surface area contributed by atoms with E-state index in [-0.39, 0.29) is 12.8 Å². The number of nitrogens with two attached hydrogens (primary N) is 1. The lowest BCUT2D eigenvalue weighted by Crippen LogP contribution is -2.40. The van der Waals surface area contributed by atoms with Gasteiger partial charge in [0.2, 0.25) is 0 Å². The molecule has 0 radical (unpaired) electrons. The first kappa shape index (κ1) is 22.3. The van der Waals surface area contributed by atoms with Crippen molar-refractivity contribution < 1.29 is 28.7 Å². The zero-order chi connectivity index (χ0) is 19.1. The highest BCUT2D eigenvalue weighted by molar-refractivity contribution is 5.95. The molecule has 0 rings (SSSR count). The normalized spacial score (nSPS) is 14.5. The van der Waals surface area contributed by atoms with Crippen LogP contribution in [0.25, 0.3) is 0 Å². The maximum Gasteiger partial charge on any atom is 0.339 e. The summed E-state index contributed by atoms with van der Waals surface area (Å²) < 4.78 is 10.4. The number of hydroxylamine groups is 1. The molecular weight excluding hydrogens is 316 g/mol. The monoisotopic (exact) mass is 346 g/mol. The van der Waals surface area contributed by atoms with Crippen LogP contribution in [0, 0.1) is 5.92 Å². The molecule has 140 valence electrons. The average molecular weight is 346 g/mol. The Morgan fingerprint density at radius 2 is 1.33 bits per heavy atom. The summed E-state index contributed by atoms with van der Waals surface area (Å²) in [6.07, 6.45) is 0.0907. The Morgan fingerprint density at radius 1 is 0.875 bits per heavy atom. The molecule has 8 nitrogen and oxygen atoms in total. The van der Waals surface area contributed by atoms with Crippen molar-refractivity contribution in [1.82, 2.24) is 5.48 Å². The van der Waals surface area contributed by atoms with E-state index in [0.29, 0.717) is 0 Å². The van der Waals surface area contributed by atoms with Crippen LogP contribution >= 0.6 is 0 Å². The van der Waals surface area contributed by atoms with Crippen LogP contribution in [0.4, 0.5) is 0 Å². The van der Waals surface area contributed by atoms with Crippen LogP contribution in [0.15, 0.2) is 0 Å². The highest BCUT2D eigenvalue weighted by atomic mass is 16.7. The predicted molar refractivity (Wildman–Crippen MR) is 87.5 cm³/mol. The molecule has 8 heteroatoms. The van der Waals surface area contributed by atoms with Crippen molar-refractivity contribution in [3.05, 3.63) is 0 Å². The van der Waals surface area contributed by atoms with E-state index in [1.165, 1.54) is 7.05 Å². The highest BCUT2D eigenvalue weighted by Crippen LogP contribution is 2.18. The van der Waals surface area contributed by atoms with E-state index < -0.39 is 41.1 Å². The molecule has 0 aliphatic heterocycles. The molecule has 0 aromatic carbocycles. The molecule has 0 aromatic heterocycles.